The van der Waals surface area contributed by atoms with Gasteiger partial charge < -0.3 is 5.32 Å². The second kappa shape index (κ2) is 7.38. The van der Waals surface area contributed by atoms with E-state index in [9.17, 15) is 4.79 Å². The fourth-order valence-corrected chi connectivity index (χ4v) is 2.20. The second-order valence-corrected chi connectivity index (χ2v) is 5.46. The van der Waals surface area contributed by atoms with Gasteiger partial charge in [-0.15, -0.1) is 11.8 Å². The lowest BCUT2D eigenvalue weighted by molar-refractivity contribution is -0.121. The van der Waals surface area contributed by atoms with Gasteiger partial charge in [0.25, 0.3) is 0 Å². The highest BCUT2D eigenvalue weighted by molar-refractivity contribution is 7.99. The van der Waals surface area contributed by atoms with E-state index in [1.54, 1.807) is 11.8 Å². The van der Waals surface area contributed by atoms with Crippen molar-refractivity contribution >= 4 is 17.7 Å². The Morgan fingerprint density at radius 2 is 2.00 bits per heavy atom. The van der Waals surface area contributed by atoms with Crippen molar-refractivity contribution in [2.24, 2.45) is 0 Å². The minimum Gasteiger partial charge on any atom is -0.354 e. The molecule has 1 amide bonds. The number of carbonyl (C=O) groups excluding carboxylic acids is 1. The van der Waals surface area contributed by atoms with Crippen molar-refractivity contribution in [1.82, 2.24) is 5.32 Å². The minimum atomic E-state index is 0.152. The number of hydrogen-bond acceptors (Lipinski definition) is 2. The molecule has 1 N–H and O–H groups in total. The second-order valence-electron chi connectivity index (χ2n) is 4.29. The highest BCUT2D eigenvalue weighted by Gasteiger charge is 2.05. The van der Waals surface area contributed by atoms with Crippen LogP contribution in [0.2, 0.25) is 0 Å². The Labute approximate surface area is 108 Å². The van der Waals surface area contributed by atoms with Crippen LogP contribution in [0.4, 0.5) is 0 Å². The summed E-state index contributed by atoms with van der Waals surface area (Å²) >= 11 is 1.73. The standard InChI is InChI=1S/C14H21NOS/c1-4-12(3)15-14(16)9-10-17-13-7-5-11(2)6-8-13/h5-8,12H,4,9-10H2,1-3H3,(H,15,16)/t12-/m0/s1. The molecule has 0 aromatic heterocycles. The molecular formula is C14H21NOS. The van der Waals surface area contributed by atoms with E-state index in [0.29, 0.717) is 6.42 Å². The highest BCUT2D eigenvalue weighted by Crippen LogP contribution is 2.18. The monoisotopic (exact) mass is 251 g/mol. The summed E-state index contributed by atoms with van der Waals surface area (Å²) in [6, 6.07) is 8.69. The number of benzene rings is 1. The molecule has 0 saturated carbocycles. The van der Waals surface area contributed by atoms with E-state index >= 15 is 0 Å². The third-order valence-corrected chi connectivity index (χ3v) is 3.65. The summed E-state index contributed by atoms with van der Waals surface area (Å²) in [4.78, 5) is 12.8. The smallest absolute Gasteiger partial charge is 0.221 e. The maximum atomic E-state index is 11.5. The van der Waals surface area contributed by atoms with Crippen LogP contribution in [0.1, 0.15) is 32.3 Å². The molecule has 2 nitrogen and oxygen atoms in total. The zero-order valence-corrected chi connectivity index (χ0v) is 11.6. The maximum absolute atomic E-state index is 11.5. The topological polar surface area (TPSA) is 29.1 Å². The first kappa shape index (κ1) is 14.1. The lowest BCUT2D eigenvalue weighted by Gasteiger charge is -2.10. The van der Waals surface area contributed by atoms with Gasteiger partial charge in [0.15, 0.2) is 0 Å². The first-order chi connectivity index (χ1) is 8.11. The van der Waals surface area contributed by atoms with Crippen molar-refractivity contribution in [2.45, 2.75) is 44.6 Å². The summed E-state index contributed by atoms with van der Waals surface area (Å²) in [6.45, 7) is 6.19. The fourth-order valence-electron chi connectivity index (χ4n) is 1.35. The quantitative estimate of drug-likeness (QED) is 0.785. The van der Waals surface area contributed by atoms with Crippen LogP contribution in [0.3, 0.4) is 0 Å². The number of carbonyl (C=O) groups is 1. The van der Waals surface area contributed by atoms with Crippen LogP contribution in [0.5, 0.6) is 0 Å². The Kier molecular flexibility index (Phi) is 6.12. The maximum Gasteiger partial charge on any atom is 0.221 e. The van der Waals surface area contributed by atoms with E-state index in [2.05, 4.69) is 43.4 Å². The molecule has 1 rings (SSSR count). The van der Waals surface area contributed by atoms with Gasteiger partial charge in [0, 0.05) is 23.1 Å². The minimum absolute atomic E-state index is 0.152. The lowest BCUT2D eigenvalue weighted by Crippen LogP contribution is -2.32. The van der Waals surface area contributed by atoms with Crippen molar-refractivity contribution in [1.29, 1.82) is 0 Å². The molecule has 0 spiro atoms. The third-order valence-electron chi connectivity index (χ3n) is 2.64. The normalized spacial score (nSPS) is 12.2. The Morgan fingerprint density at radius 3 is 2.59 bits per heavy atom. The largest absolute Gasteiger partial charge is 0.354 e. The molecule has 0 saturated heterocycles. The summed E-state index contributed by atoms with van der Waals surface area (Å²) < 4.78 is 0. The fraction of sp³-hybridized carbons (Fsp3) is 0.500. The van der Waals surface area contributed by atoms with E-state index in [1.807, 2.05) is 6.92 Å². The summed E-state index contributed by atoms with van der Waals surface area (Å²) in [7, 11) is 0. The van der Waals surface area contributed by atoms with Gasteiger partial charge in [0.05, 0.1) is 0 Å². The van der Waals surface area contributed by atoms with Crippen LogP contribution < -0.4 is 5.32 Å². The van der Waals surface area contributed by atoms with Gasteiger partial charge in [-0.05, 0) is 32.4 Å². The SMILES string of the molecule is CC[C@H](C)NC(=O)CCSc1ccc(C)cc1. The number of hydrogen-bond donors (Lipinski definition) is 1. The van der Waals surface area contributed by atoms with E-state index < -0.39 is 0 Å². The molecule has 17 heavy (non-hydrogen) atoms. The van der Waals surface area contributed by atoms with Crippen LogP contribution in [0, 0.1) is 6.92 Å². The van der Waals surface area contributed by atoms with Crippen molar-refractivity contribution in [3.63, 3.8) is 0 Å². The third kappa shape index (κ3) is 5.78. The molecule has 0 heterocycles. The molecule has 0 fully saturated rings. The molecule has 3 heteroatoms. The van der Waals surface area contributed by atoms with Gasteiger partial charge in [0.1, 0.15) is 0 Å². The average Bonchev–Trinajstić information content (AvgIpc) is 2.31. The zero-order valence-electron chi connectivity index (χ0n) is 10.8. The molecule has 1 aromatic carbocycles. The molecule has 0 unspecified atom stereocenters. The van der Waals surface area contributed by atoms with Gasteiger partial charge in [0.2, 0.25) is 5.91 Å². The van der Waals surface area contributed by atoms with Crippen LogP contribution in [-0.4, -0.2) is 17.7 Å². The van der Waals surface area contributed by atoms with Gasteiger partial charge in [-0.2, -0.15) is 0 Å². The summed E-state index contributed by atoms with van der Waals surface area (Å²) in [5, 5.41) is 2.97. The van der Waals surface area contributed by atoms with Gasteiger partial charge >= 0.3 is 0 Å². The molecule has 0 aliphatic rings. The molecule has 1 atom stereocenters. The van der Waals surface area contributed by atoms with Crippen LogP contribution in [-0.2, 0) is 4.79 Å². The van der Waals surface area contributed by atoms with Crippen LogP contribution in [0.25, 0.3) is 0 Å². The Hall–Kier alpha value is -0.960. The molecule has 1 aromatic rings. The van der Waals surface area contributed by atoms with Gasteiger partial charge in [-0.3, -0.25) is 4.79 Å². The summed E-state index contributed by atoms with van der Waals surface area (Å²) in [6.07, 6.45) is 1.57. The first-order valence-electron chi connectivity index (χ1n) is 6.10. The van der Waals surface area contributed by atoms with E-state index in [0.717, 1.165) is 12.2 Å². The molecule has 0 bridgehead atoms. The Bertz CT molecular complexity index is 348. The molecule has 0 radical (unpaired) electrons. The Morgan fingerprint density at radius 1 is 1.35 bits per heavy atom. The summed E-state index contributed by atoms with van der Waals surface area (Å²) in [5.74, 6) is 0.990. The van der Waals surface area contributed by atoms with Crippen molar-refractivity contribution in [3.8, 4) is 0 Å². The molecular weight excluding hydrogens is 230 g/mol. The number of nitrogens with one attached hydrogen (secondary N) is 1. The van der Waals surface area contributed by atoms with Crippen molar-refractivity contribution in [2.75, 3.05) is 5.75 Å². The first-order valence-corrected chi connectivity index (χ1v) is 7.09. The zero-order chi connectivity index (χ0) is 12.7. The van der Waals surface area contributed by atoms with Crippen molar-refractivity contribution in [3.05, 3.63) is 29.8 Å². The predicted molar refractivity (Wildman–Crippen MR) is 74.4 cm³/mol. The van der Waals surface area contributed by atoms with E-state index in [1.165, 1.54) is 10.5 Å². The highest BCUT2D eigenvalue weighted by atomic mass is 32.2. The predicted octanol–water partition coefficient (Wildman–Crippen LogP) is 3.39. The number of thioether (sulfide) groups is 1. The number of rotatable bonds is 6. The van der Waals surface area contributed by atoms with E-state index in [-0.39, 0.29) is 11.9 Å². The lowest BCUT2D eigenvalue weighted by atomic mass is 10.2. The number of aryl methyl sites for hydroxylation is 1. The van der Waals surface area contributed by atoms with Gasteiger partial charge in [-0.1, -0.05) is 24.6 Å². The van der Waals surface area contributed by atoms with E-state index in [4.69, 9.17) is 0 Å². The van der Waals surface area contributed by atoms with Crippen LogP contribution >= 0.6 is 11.8 Å². The Balaban J connectivity index is 2.23. The van der Waals surface area contributed by atoms with Gasteiger partial charge in [-0.25, -0.2) is 0 Å². The number of amides is 1. The van der Waals surface area contributed by atoms with Crippen LogP contribution in [0.15, 0.2) is 29.2 Å². The molecule has 94 valence electrons. The molecule has 0 aliphatic heterocycles. The average molecular weight is 251 g/mol. The molecule has 0 aliphatic carbocycles. The summed E-state index contributed by atoms with van der Waals surface area (Å²) in [5.41, 5.74) is 1.27. The van der Waals surface area contributed by atoms with Crippen molar-refractivity contribution < 1.29 is 4.79 Å².